The third-order valence-electron chi connectivity index (χ3n) is 3.26. The Balaban J connectivity index is 2.22. The molecule has 4 heteroatoms. The molecule has 1 unspecified atom stereocenters. The molecule has 1 heterocycles. The minimum Gasteiger partial charge on any atom is -0.313 e. The van der Waals surface area contributed by atoms with E-state index in [-0.39, 0.29) is 11.9 Å². The van der Waals surface area contributed by atoms with Crippen LogP contribution >= 0.6 is 0 Å². The molecule has 2 rings (SSSR count). The molecule has 0 amide bonds. The first-order chi connectivity index (χ1) is 8.61. The lowest BCUT2D eigenvalue weighted by atomic mass is 10.1. The fourth-order valence-corrected chi connectivity index (χ4v) is 2.01. The van der Waals surface area contributed by atoms with Crippen LogP contribution in [0.1, 0.15) is 29.8 Å². The zero-order chi connectivity index (χ0) is 13.1. The summed E-state index contributed by atoms with van der Waals surface area (Å²) < 4.78 is 15.0. The molecule has 18 heavy (non-hydrogen) atoms. The fraction of sp³-hybridized carbons (Fsp3) is 0.357. The van der Waals surface area contributed by atoms with Crippen molar-refractivity contribution in [2.24, 2.45) is 0 Å². The van der Waals surface area contributed by atoms with E-state index in [0.29, 0.717) is 6.54 Å². The number of halogens is 1. The van der Waals surface area contributed by atoms with Crippen molar-refractivity contribution in [3.8, 4) is 0 Å². The smallest absolute Gasteiger partial charge is 0.123 e. The Hall–Kier alpha value is -1.68. The van der Waals surface area contributed by atoms with E-state index < -0.39 is 0 Å². The first-order valence-electron chi connectivity index (χ1n) is 6.06. The van der Waals surface area contributed by atoms with E-state index in [1.54, 1.807) is 12.1 Å². The summed E-state index contributed by atoms with van der Waals surface area (Å²) >= 11 is 0. The molecule has 0 fully saturated rings. The van der Waals surface area contributed by atoms with Crippen LogP contribution in [-0.4, -0.2) is 16.8 Å². The molecular weight excluding hydrogens is 229 g/mol. The second-order valence-corrected chi connectivity index (χ2v) is 4.48. The summed E-state index contributed by atoms with van der Waals surface area (Å²) in [7, 11) is 1.92. The standard InChI is InChI=1S/C14H18FN3/c1-10(16-3)14-8-17-18(11(14)2)9-12-5-4-6-13(15)7-12/h4-8,10,16H,9H2,1-3H3. The van der Waals surface area contributed by atoms with Crippen LogP contribution in [0.4, 0.5) is 4.39 Å². The van der Waals surface area contributed by atoms with Crippen molar-refractivity contribution >= 4 is 0 Å². The Morgan fingerprint density at radius 3 is 2.89 bits per heavy atom. The van der Waals surface area contributed by atoms with Crippen LogP contribution in [0.3, 0.4) is 0 Å². The number of hydrogen-bond acceptors (Lipinski definition) is 2. The highest BCUT2D eigenvalue weighted by Crippen LogP contribution is 2.17. The summed E-state index contributed by atoms with van der Waals surface area (Å²) in [6.45, 7) is 4.73. The van der Waals surface area contributed by atoms with Gasteiger partial charge in [0.2, 0.25) is 0 Å². The summed E-state index contributed by atoms with van der Waals surface area (Å²) in [5.74, 6) is -0.207. The summed E-state index contributed by atoms with van der Waals surface area (Å²) in [5, 5.41) is 7.56. The van der Waals surface area contributed by atoms with Crippen molar-refractivity contribution in [2.45, 2.75) is 26.4 Å². The normalized spacial score (nSPS) is 12.7. The van der Waals surface area contributed by atoms with Gasteiger partial charge in [0.15, 0.2) is 0 Å². The summed E-state index contributed by atoms with van der Waals surface area (Å²) in [5.41, 5.74) is 3.21. The van der Waals surface area contributed by atoms with Gasteiger partial charge in [-0.2, -0.15) is 5.10 Å². The highest BCUT2D eigenvalue weighted by Gasteiger charge is 2.11. The number of nitrogens with one attached hydrogen (secondary N) is 1. The molecule has 1 N–H and O–H groups in total. The number of hydrogen-bond donors (Lipinski definition) is 1. The van der Waals surface area contributed by atoms with Gasteiger partial charge in [0.25, 0.3) is 0 Å². The van der Waals surface area contributed by atoms with Gasteiger partial charge < -0.3 is 5.32 Å². The molecule has 96 valence electrons. The van der Waals surface area contributed by atoms with E-state index in [2.05, 4.69) is 17.3 Å². The highest BCUT2D eigenvalue weighted by molar-refractivity contribution is 5.22. The topological polar surface area (TPSA) is 29.9 Å². The van der Waals surface area contributed by atoms with Crippen LogP contribution in [-0.2, 0) is 6.54 Å². The fourth-order valence-electron chi connectivity index (χ4n) is 2.01. The number of benzene rings is 1. The van der Waals surface area contributed by atoms with Crippen LogP contribution in [0.5, 0.6) is 0 Å². The molecule has 0 aliphatic rings. The molecule has 2 aromatic rings. The first kappa shape index (κ1) is 12.8. The number of rotatable bonds is 4. The molecule has 0 saturated carbocycles. The Morgan fingerprint density at radius 1 is 1.44 bits per heavy atom. The van der Waals surface area contributed by atoms with Crippen LogP contribution in [0.15, 0.2) is 30.5 Å². The molecule has 1 aromatic carbocycles. The third kappa shape index (κ3) is 2.59. The second-order valence-electron chi connectivity index (χ2n) is 4.48. The summed E-state index contributed by atoms with van der Waals surface area (Å²) in [6.07, 6.45) is 1.87. The highest BCUT2D eigenvalue weighted by atomic mass is 19.1. The molecule has 1 atom stereocenters. The van der Waals surface area contributed by atoms with Gasteiger partial charge in [-0.1, -0.05) is 12.1 Å². The minimum atomic E-state index is -0.207. The lowest BCUT2D eigenvalue weighted by molar-refractivity contribution is 0.613. The molecule has 3 nitrogen and oxygen atoms in total. The second kappa shape index (κ2) is 5.31. The lowest BCUT2D eigenvalue weighted by Gasteiger charge is -2.10. The SMILES string of the molecule is CNC(C)c1cnn(Cc2cccc(F)c2)c1C. The van der Waals surface area contributed by atoms with E-state index in [1.165, 1.54) is 11.6 Å². The van der Waals surface area contributed by atoms with E-state index in [9.17, 15) is 4.39 Å². The predicted octanol–water partition coefficient (Wildman–Crippen LogP) is 2.66. The Morgan fingerprint density at radius 2 is 2.22 bits per heavy atom. The van der Waals surface area contributed by atoms with Gasteiger partial charge in [-0.15, -0.1) is 0 Å². The maximum Gasteiger partial charge on any atom is 0.123 e. The van der Waals surface area contributed by atoms with Gasteiger partial charge in [-0.3, -0.25) is 4.68 Å². The number of aromatic nitrogens is 2. The molecule has 0 radical (unpaired) electrons. The van der Waals surface area contributed by atoms with Crippen LogP contribution in [0.2, 0.25) is 0 Å². The molecule has 0 aliphatic carbocycles. The average molecular weight is 247 g/mol. The average Bonchev–Trinajstić information content (AvgIpc) is 2.70. The van der Waals surface area contributed by atoms with Gasteiger partial charge in [0.1, 0.15) is 5.82 Å². The van der Waals surface area contributed by atoms with Gasteiger partial charge in [-0.25, -0.2) is 4.39 Å². The Labute approximate surface area is 107 Å². The van der Waals surface area contributed by atoms with Crippen molar-refractivity contribution in [3.63, 3.8) is 0 Å². The monoisotopic (exact) mass is 247 g/mol. The van der Waals surface area contributed by atoms with Gasteiger partial charge in [-0.05, 0) is 38.6 Å². The molecule has 0 spiro atoms. The van der Waals surface area contributed by atoms with Gasteiger partial charge in [0.05, 0.1) is 12.7 Å². The van der Waals surface area contributed by atoms with E-state index in [0.717, 1.165) is 11.3 Å². The zero-order valence-corrected chi connectivity index (χ0v) is 10.9. The minimum absolute atomic E-state index is 0.207. The largest absolute Gasteiger partial charge is 0.313 e. The third-order valence-corrected chi connectivity index (χ3v) is 3.26. The maximum atomic E-state index is 13.1. The van der Waals surface area contributed by atoms with Crippen LogP contribution < -0.4 is 5.32 Å². The van der Waals surface area contributed by atoms with Crippen molar-refractivity contribution in [1.29, 1.82) is 0 Å². The van der Waals surface area contributed by atoms with Crippen LogP contribution in [0.25, 0.3) is 0 Å². The maximum absolute atomic E-state index is 13.1. The number of nitrogens with zero attached hydrogens (tertiary/aromatic N) is 2. The van der Waals surface area contributed by atoms with E-state index >= 15 is 0 Å². The Bertz CT molecular complexity index is 534. The predicted molar refractivity (Wildman–Crippen MR) is 69.9 cm³/mol. The molecular formula is C14H18FN3. The summed E-state index contributed by atoms with van der Waals surface area (Å²) in [4.78, 5) is 0. The molecule has 0 aliphatic heterocycles. The molecule has 0 saturated heterocycles. The van der Waals surface area contributed by atoms with Gasteiger partial charge in [0, 0.05) is 17.3 Å². The zero-order valence-electron chi connectivity index (χ0n) is 10.9. The Kier molecular flexibility index (Phi) is 3.77. The van der Waals surface area contributed by atoms with Gasteiger partial charge >= 0.3 is 0 Å². The van der Waals surface area contributed by atoms with Crippen molar-refractivity contribution < 1.29 is 4.39 Å². The van der Waals surface area contributed by atoms with E-state index in [1.807, 2.05) is 30.9 Å². The molecule has 1 aromatic heterocycles. The van der Waals surface area contributed by atoms with Crippen molar-refractivity contribution in [2.75, 3.05) is 7.05 Å². The van der Waals surface area contributed by atoms with Crippen LogP contribution in [0, 0.1) is 12.7 Å². The van der Waals surface area contributed by atoms with E-state index in [4.69, 9.17) is 0 Å². The van der Waals surface area contributed by atoms with Crippen molar-refractivity contribution in [3.05, 3.63) is 53.1 Å². The lowest BCUT2D eigenvalue weighted by Crippen LogP contribution is -2.13. The molecule has 0 bridgehead atoms. The first-order valence-corrected chi connectivity index (χ1v) is 6.06. The van der Waals surface area contributed by atoms with Crippen molar-refractivity contribution in [1.82, 2.24) is 15.1 Å². The quantitative estimate of drug-likeness (QED) is 0.900. The summed E-state index contributed by atoms with van der Waals surface area (Å²) in [6, 6.07) is 6.90.